The summed E-state index contributed by atoms with van der Waals surface area (Å²) < 4.78 is 25.2. The number of carbonyl (C=O) groups is 1. The minimum atomic E-state index is -0.738. The van der Waals surface area contributed by atoms with E-state index >= 15 is 0 Å². The Hall–Kier alpha value is -3.19. The van der Waals surface area contributed by atoms with Gasteiger partial charge < -0.3 is 19.2 Å². The van der Waals surface area contributed by atoms with Crippen LogP contribution in [0.15, 0.2) is 51.7 Å². The Labute approximate surface area is 165 Å². The zero-order valence-electron chi connectivity index (χ0n) is 15.4. The van der Waals surface area contributed by atoms with Crippen LogP contribution in [0, 0.1) is 5.82 Å². The monoisotopic (exact) mass is 395 g/mol. The summed E-state index contributed by atoms with van der Waals surface area (Å²) in [6.45, 7) is 0.935. The first-order chi connectivity index (χ1) is 14.0. The molecule has 0 radical (unpaired) electrons. The molecule has 2 aliphatic rings. The molecular formula is C22H18FNO5. The zero-order chi connectivity index (χ0) is 20.1. The fourth-order valence-electron chi connectivity index (χ4n) is 4.23. The van der Waals surface area contributed by atoms with E-state index in [1.54, 1.807) is 17.0 Å². The molecule has 1 amide bonds. The number of halogens is 1. The Morgan fingerprint density at radius 1 is 1.17 bits per heavy atom. The van der Waals surface area contributed by atoms with Crippen molar-refractivity contribution in [2.24, 2.45) is 0 Å². The maximum Gasteiger partial charge on any atom is 0.291 e. The first kappa shape index (κ1) is 17.9. The van der Waals surface area contributed by atoms with Gasteiger partial charge in [-0.3, -0.25) is 9.59 Å². The summed E-state index contributed by atoms with van der Waals surface area (Å²) in [5, 5.41) is 10.0. The number of hydrogen-bond donors (Lipinski definition) is 1. The Kier molecular flexibility index (Phi) is 4.13. The topological polar surface area (TPSA) is 80.0 Å². The first-order valence-corrected chi connectivity index (χ1v) is 9.50. The van der Waals surface area contributed by atoms with E-state index in [4.69, 9.17) is 9.15 Å². The summed E-state index contributed by atoms with van der Waals surface area (Å²) >= 11 is 0. The second-order valence-corrected chi connectivity index (χ2v) is 7.40. The average Bonchev–Trinajstić information content (AvgIpc) is 3.31. The van der Waals surface area contributed by atoms with Gasteiger partial charge in [-0.15, -0.1) is 0 Å². The highest BCUT2D eigenvalue weighted by atomic mass is 19.1. The Morgan fingerprint density at radius 3 is 2.79 bits per heavy atom. The Morgan fingerprint density at radius 2 is 2.03 bits per heavy atom. The van der Waals surface area contributed by atoms with Crippen molar-refractivity contribution < 1.29 is 23.4 Å². The molecule has 5 rings (SSSR count). The third-order valence-electron chi connectivity index (χ3n) is 5.54. The molecule has 0 spiro atoms. The number of aromatic hydroxyl groups is 1. The van der Waals surface area contributed by atoms with Crippen LogP contribution < -0.4 is 5.43 Å². The fraction of sp³-hybridized carbons (Fsp3) is 0.273. The third-order valence-corrected chi connectivity index (χ3v) is 5.54. The summed E-state index contributed by atoms with van der Waals surface area (Å²) in [7, 11) is 0. The van der Waals surface area contributed by atoms with Gasteiger partial charge in [0, 0.05) is 13.2 Å². The number of hydrogen-bond acceptors (Lipinski definition) is 5. The van der Waals surface area contributed by atoms with Crippen LogP contribution >= 0.6 is 0 Å². The van der Waals surface area contributed by atoms with Gasteiger partial charge in [0.25, 0.3) is 5.91 Å². The molecule has 0 bridgehead atoms. The van der Waals surface area contributed by atoms with Gasteiger partial charge in [-0.1, -0.05) is 12.1 Å². The van der Waals surface area contributed by atoms with E-state index in [9.17, 15) is 19.1 Å². The number of phenols is 1. The van der Waals surface area contributed by atoms with E-state index in [0.717, 1.165) is 18.9 Å². The zero-order valence-corrected chi connectivity index (χ0v) is 15.4. The van der Waals surface area contributed by atoms with Crippen molar-refractivity contribution in [3.63, 3.8) is 0 Å². The molecule has 0 aliphatic carbocycles. The van der Waals surface area contributed by atoms with E-state index in [2.05, 4.69) is 0 Å². The SMILES string of the molecule is O=C1c2oc3ccc(F)cc3c(=O)c2C(c2cccc(O)c2)N1CC1CCCO1. The average molecular weight is 395 g/mol. The van der Waals surface area contributed by atoms with Crippen LogP contribution in [0.4, 0.5) is 4.39 Å². The number of carbonyl (C=O) groups excluding carboxylic acids is 1. The summed E-state index contributed by atoms with van der Waals surface area (Å²) in [4.78, 5) is 28.0. The molecule has 1 saturated heterocycles. The number of phenolic OH excluding ortho intramolecular Hbond substituents is 1. The van der Waals surface area contributed by atoms with E-state index in [0.29, 0.717) is 18.7 Å². The van der Waals surface area contributed by atoms with Gasteiger partial charge >= 0.3 is 0 Å². The molecule has 1 fully saturated rings. The minimum absolute atomic E-state index is 0.0247. The van der Waals surface area contributed by atoms with E-state index in [1.807, 2.05) is 0 Å². The lowest BCUT2D eigenvalue weighted by Crippen LogP contribution is -2.36. The lowest BCUT2D eigenvalue weighted by atomic mass is 9.98. The summed E-state index contributed by atoms with van der Waals surface area (Å²) in [5.74, 6) is -0.983. The van der Waals surface area contributed by atoms with Crippen molar-refractivity contribution in [1.82, 2.24) is 4.90 Å². The molecule has 1 aromatic heterocycles. The summed E-state index contributed by atoms with van der Waals surface area (Å²) in [6, 6.07) is 9.35. The van der Waals surface area contributed by atoms with Crippen LogP contribution in [-0.2, 0) is 4.74 Å². The minimum Gasteiger partial charge on any atom is -0.508 e. The molecule has 7 heteroatoms. The lowest BCUT2D eigenvalue weighted by molar-refractivity contribution is 0.0486. The van der Waals surface area contributed by atoms with Crippen molar-refractivity contribution in [2.75, 3.05) is 13.2 Å². The highest BCUT2D eigenvalue weighted by molar-refractivity contribution is 5.99. The maximum atomic E-state index is 13.8. The molecule has 0 saturated carbocycles. The van der Waals surface area contributed by atoms with E-state index < -0.39 is 23.2 Å². The number of amides is 1. The molecule has 2 aromatic carbocycles. The van der Waals surface area contributed by atoms with Gasteiger partial charge in [0.1, 0.15) is 17.1 Å². The standard InChI is InChI=1S/C22H18FNO5/c23-13-6-7-17-16(10-13)20(26)18-19(12-3-1-4-14(25)9-12)24(22(27)21(18)29-17)11-15-5-2-8-28-15/h1,3-4,6-7,9-10,15,19,25H,2,5,8,11H2. The molecule has 6 nitrogen and oxygen atoms in total. The van der Waals surface area contributed by atoms with E-state index in [-0.39, 0.29) is 34.1 Å². The van der Waals surface area contributed by atoms with Gasteiger partial charge in [0.2, 0.25) is 5.76 Å². The molecule has 148 valence electrons. The highest BCUT2D eigenvalue weighted by Crippen LogP contribution is 2.39. The van der Waals surface area contributed by atoms with Crippen LogP contribution in [0.1, 0.15) is 40.6 Å². The molecule has 2 atom stereocenters. The lowest BCUT2D eigenvalue weighted by Gasteiger charge is -2.27. The number of benzene rings is 2. The first-order valence-electron chi connectivity index (χ1n) is 9.50. The predicted molar refractivity (Wildman–Crippen MR) is 102 cm³/mol. The normalized spacial score (nSPS) is 21.1. The molecule has 3 heterocycles. The summed E-state index contributed by atoms with van der Waals surface area (Å²) in [5.41, 5.74) is 0.462. The van der Waals surface area contributed by atoms with Crippen LogP contribution in [0.25, 0.3) is 11.0 Å². The van der Waals surface area contributed by atoms with Crippen LogP contribution in [0.2, 0.25) is 0 Å². The number of rotatable bonds is 3. The van der Waals surface area contributed by atoms with Gasteiger partial charge in [-0.05, 0) is 48.7 Å². The van der Waals surface area contributed by atoms with Gasteiger partial charge in [0.15, 0.2) is 5.43 Å². The van der Waals surface area contributed by atoms with Crippen molar-refractivity contribution >= 4 is 16.9 Å². The largest absolute Gasteiger partial charge is 0.508 e. The van der Waals surface area contributed by atoms with E-state index in [1.165, 1.54) is 24.3 Å². The molecular weight excluding hydrogens is 377 g/mol. The molecule has 1 N–H and O–H groups in total. The van der Waals surface area contributed by atoms with Crippen LogP contribution in [-0.4, -0.2) is 35.2 Å². The van der Waals surface area contributed by atoms with Gasteiger partial charge in [-0.25, -0.2) is 4.39 Å². The number of fused-ring (bicyclic) bond motifs is 2. The van der Waals surface area contributed by atoms with Gasteiger partial charge in [-0.2, -0.15) is 0 Å². The maximum absolute atomic E-state index is 13.8. The van der Waals surface area contributed by atoms with Gasteiger partial charge in [0.05, 0.1) is 23.1 Å². The predicted octanol–water partition coefficient (Wildman–Crippen LogP) is 3.36. The van der Waals surface area contributed by atoms with Crippen molar-refractivity contribution in [1.29, 1.82) is 0 Å². The van der Waals surface area contributed by atoms with Crippen LogP contribution in [0.3, 0.4) is 0 Å². The summed E-state index contributed by atoms with van der Waals surface area (Å²) in [6.07, 6.45) is 1.60. The molecule has 29 heavy (non-hydrogen) atoms. The molecule has 2 unspecified atom stereocenters. The van der Waals surface area contributed by atoms with Crippen molar-refractivity contribution in [3.05, 3.63) is 75.4 Å². The second kappa shape index (κ2) is 6.70. The van der Waals surface area contributed by atoms with Crippen molar-refractivity contribution in [3.8, 4) is 5.75 Å². The smallest absolute Gasteiger partial charge is 0.291 e. The quantitative estimate of drug-likeness (QED) is 0.736. The fourth-order valence-corrected chi connectivity index (χ4v) is 4.23. The van der Waals surface area contributed by atoms with Crippen molar-refractivity contribution in [2.45, 2.75) is 25.0 Å². The number of nitrogens with zero attached hydrogens (tertiary/aromatic N) is 1. The second-order valence-electron chi connectivity index (χ2n) is 7.40. The highest BCUT2D eigenvalue weighted by Gasteiger charge is 2.44. The molecule has 2 aliphatic heterocycles. The number of ether oxygens (including phenoxy) is 1. The van der Waals surface area contributed by atoms with Crippen LogP contribution in [0.5, 0.6) is 5.75 Å². The Balaban J connectivity index is 1.72. The Bertz CT molecular complexity index is 1180. The third kappa shape index (κ3) is 2.89. The molecule has 3 aromatic rings.